The van der Waals surface area contributed by atoms with Gasteiger partial charge in [0.05, 0.1) is 12.7 Å². The summed E-state index contributed by atoms with van der Waals surface area (Å²) < 4.78 is 9.88. The van der Waals surface area contributed by atoms with Gasteiger partial charge in [-0.05, 0) is 60.2 Å². The lowest BCUT2D eigenvalue weighted by molar-refractivity contribution is 0.0600. The maximum atomic E-state index is 12.3. The highest BCUT2D eigenvalue weighted by Gasteiger charge is 2.28. The van der Waals surface area contributed by atoms with Gasteiger partial charge in [0.2, 0.25) is 0 Å². The Hall–Kier alpha value is -2.27. The van der Waals surface area contributed by atoms with Crippen molar-refractivity contribution in [2.45, 2.75) is 12.8 Å². The number of nitrogens with zero attached hydrogens (tertiary/aromatic N) is 1. The van der Waals surface area contributed by atoms with Gasteiger partial charge in [-0.25, -0.2) is 4.79 Å². The average molecular weight is 348 g/mol. The molecule has 1 aliphatic heterocycles. The summed E-state index contributed by atoms with van der Waals surface area (Å²) in [5, 5.41) is 0.222. The summed E-state index contributed by atoms with van der Waals surface area (Å²) in [5.74, 6) is 0.216. The van der Waals surface area contributed by atoms with Gasteiger partial charge in [-0.2, -0.15) is 0 Å². The molecule has 1 unspecified atom stereocenters. The van der Waals surface area contributed by atoms with Crippen molar-refractivity contribution in [3.63, 3.8) is 0 Å². The van der Waals surface area contributed by atoms with Gasteiger partial charge < -0.3 is 14.1 Å². The van der Waals surface area contributed by atoms with Crippen LogP contribution in [0.4, 0.5) is 0 Å². The summed E-state index contributed by atoms with van der Waals surface area (Å²) >= 11 is 5.72. The second kappa shape index (κ2) is 7.09. The van der Waals surface area contributed by atoms with E-state index in [4.69, 9.17) is 20.8 Å². The van der Waals surface area contributed by atoms with Gasteiger partial charge in [0.1, 0.15) is 0 Å². The number of carbonyl (C=O) groups is 2. The number of carbonyl (C=O) groups excluding carboxylic acids is 2. The maximum Gasteiger partial charge on any atom is 0.337 e. The van der Waals surface area contributed by atoms with Gasteiger partial charge in [-0.1, -0.05) is 12.1 Å². The first-order valence-electron chi connectivity index (χ1n) is 7.78. The van der Waals surface area contributed by atoms with Gasteiger partial charge in [-0.3, -0.25) is 4.79 Å². The topological polar surface area (TPSA) is 59.8 Å². The summed E-state index contributed by atoms with van der Waals surface area (Å²) in [6.45, 7) is 1.40. The Morgan fingerprint density at radius 2 is 2.00 bits per heavy atom. The Morgan fingerprint density at radius 1 is 1.25 bits per heavy atom. The van der Waals surface area contributed by atoms with E-state index in [1.807, 2.05) is 12.1 Å². The van der Waals surface area contributed by atoms with Crippen LogP contribution in [0, 0.1) is 5.92 Å². The molecule has 1 amide bonds. The van der Waals surface area contributed by atoms with Crippen LogP contribution in [0.1, 0.15) is 32.9 Å². The molecule has 0 spiro atoms. The van der Waals surface area contributed by atoms with Crippen molar-refractivity contribution in [1.82, 2.24) is 4.90 Å². The van der Waals surface area contributed by atoms with Crippen LogP contribution in [0.5, 0.6) is 0 Å². The first-order chi connectivity index (χ1) is 11.6. The predicted molar refractivity (Wildman–Crippen MR) is 89.2 cm³/mol. The zero-order valence-corrected chi connectivity index (χ0v) is 14.1. The molecule has 2 aromatic rings. The maximum absolute atomic E-state index is 12.3. The predicted octanol–water partition coefficient (Wildman–Crippen LogP) is 3.42. The molecule has 1 saturated heterocycles. The quantitative estimate of drug-likeness (QED) is 0.795. The molecule has 0 aliphatic carbocycles. The number of esters is 1. The molecule has 0 N–H and O–H groups in total. The van der Waals surface area contributed by atoms with E-state index in [1.54, 1.807) is 29.2 Å². The Kier molecular flexibility index (Phi) is 4.90. The molecule has 6 heteroatoms. The summed E-state index contributed by atoms with van der Waals surface area (Å²) in [5.41, 5.74) is 1.68. The van der Waals surface area contributed by atoms with Crippen LogP contribution in [0.25, 0.3) is 0 Å². The fourth-order valence-electron chi connectivity index (χ4n) is 3.00. The Labute approximate surface area is 145 Å². The van der Waals surface area contributed by atoms with Crippen LogP contribution >= 0.6 is 11.6 Å². The summed E-state index contributed by atoms with van der Waals surface area (Å²) in [6, 6.07) is 10.6. The molecule has 0 saturated carbocycles. The van der Waals surface area contributed by atoms with Crippen LogP contribution in [0.3, 0.4) is 0 Å². The molecular formula is C18H18ClNO4. The monoisotopic (exact) mass is 347 g/mol. The summed E-state index contributed by atoms with van der Waals surface area (Å²) in [4.78, 5) is 25.6. The van der Waals surface area contributed by atoms with Crippen molar-refractivity contribution in [2.75, 3.05) is 20.2 Å². The van der Waals surface area contributed by atoms with Crippen molar-refractivity contribution in [3.8, 4) is 0 Å². The minimum atomic E-state index is -0.337. The van der Waals surface area contributed by atoms with Crippen LogP contribution in [-0.2, 0) is 11.2 Å². The zero-order chi connectivity index (χ0) is 17.1. The smallest absolute Gasteiger partial charge is 0.337 e. The van der Waals surface area contributed by atoms with E-state index in [0.717, 1.165) is 18.4 Å². The number of methoxy groups -OCH3 is 1. The number of hydrogen-bond donors (Lipinski definition) is 0. The summed E-state index contributed by atoms with van der Waals surface area (Å²) in [6.07, 6.45) is 1.81. The van der Waals surface area contributed by atoms with E-state index in [1.165, 1.54) is 7.11 Å². The minimum absolute atomic E-state index is 0.120. The van der Waals surface area contributed by atoms with Crippen molar-refractivity contribution < 1.29 is 18.7 Å². The largest absolute Gasteiger partial charge is 0.465 e. The van der Waals surface area contributed by atoms with Gasteiger partial charge in [0.25, 0.3) is 5.91 Å². The molecule has 1 aromatic carbocycles. The highest BCUT2D eigenvalue weighted by molar-refractivity contribution is 6.29. The fraction of sp³-hybridized carbons (Fsp3) is 0.333. The minimum Gasteiger partial charge on any atom is -0.465 e. The molecule has 1 aromatic heterocycles. The molecule has 2 heterocycles. The number of hydrogen-bond acceptors (Lipinski definition) is 4. The fourth-order valence-corrected chi connectivity index (χ4v) is 3.14. The molecule has 126 valence electrons. The first-order valence-corrected chi connectivity index (χ1v) is 8.16. The SMILES string of the molecule is COC(=O)c1ccc(CC2CCN(C(=O)c3ccc(Cl)o3)C2)cc1. The number of halogens is 1. The Morgan fingerprint density at radius 3 is 2.62 bits per heavy atom. The second-order valence-corrected chi connectivity index (χ2v) is 6.27. The Balaban J connectivity index is 1.58. The lowest BCUT2D eigenvalue weighted by Gasteiger charge is -2.15. The number of rotatable bonds is 4. The van der Waals surface area contributed by atoms with Crippen LogP contribution in [0.15, 0.2) is 40.8 Å². The highest BCUT2D eigenvalue weighted by atomic mass is 35.5. The van der Waals surface area contributed by atoms with E-state index in [2.05, 4.69) is 0 Å². The lowest BCUT2D eigenvalue weighted by Crippen LogP contribution is -2.28. The third-order valence-electron chi connectivity index (χ3n) is 4.26. The number of amides is 1. The van der Waals surface area contributed by atoms with E-state index in [9.17, 15) is 9.59 Å². The standard InChI is InChI=1S/C18H18ClNO4/c1-23-18(22)14-4-2-12(3-5-14)10-13-8-9-20(11-13)17(21)15-6-7-16(19)24-15/h2-7,13H,8-11H2,1H3. The van der Waals surface area contributed by atoms with E-state index in [0.29, 0.717) is 24.6 Å². The molecule has 0 radical (unpaired) electrons. The second-order valence-electron chi connectivity index (χ2n) is 5.90. The molecule has 1 fully saturated rings. The average Bonchev–Trinajstić information content (AvgIpc) is 3.23. The van der Waals surface area contributed by atoms with Gasteiger partial charge in [0, 0.05) is 13.1 Å². The summed E-state index contributed by atoms with van der Waals surface area (Å²) in [7, 11) is 1.37. The molecule has 3 rings (SSSR count). The van der Waals surface area contributed by atoms with E-state index in [-0.39, 0.29) is 22.9 Å². The van der Waals surface area contributed by atoms with Gasteiger partial charge >= 0.3 is 5.97 Å². The van der Waals surface area contributed by atoms with Crippen molar-refractivity contribution in [3.05, 3.63) is 58.5 Å². The zero-order valence-electron chi connectivity index (χ0n) is 13.3. The third kappa shape index (κ3) is 3.62. The van der Waals surface area contributed by atoms with Crippen molar-refractivity contribution in [1.29, 1.82) is 0 Å². The van der Waals surface area contributed by atoms with E-state index < -0.39 is 0 Å². The molecule has 24 heavy (non-hydrogen) atoms. The number of likely N-dealkylation sites (tertiary alicyclic amines) is 1. The number of benzene rings is 1. The first kappa shape index (κ1) is 16.6. The third-order valence-corrected chi connectivity index (χ3v) is 4.46. The van der Waals surface area contributed by atoms with Crippen LogP contribution in [0.2, 0.25) is 5.22 Å². The van der Waals surface area contributed by atoms with Crippen LogP contribution < -0.4 is 0 Å². The molecule has 1 atom stereocenters. The molecule has 5 nitrogen and oxygen atoms in total. The van der Waals surface area contributed by atoms with Gasteiger partial charge in [0.15, 0.2) is 11.0 Å². The number of ether oxygens (including phenoxy) is 1. The van der Waals surface area contributed by atoms with E-state index >= 15 is 0 Å². The van der Waals surface area contributed by atoms with Crippen molar-refractivity contribution in [2.24, 2.45) is 5.92 Å². The van der Waals surface area contributed by atoms with Gasteiger partial charge in [-0.15, -0.1) is 0 Å². The van der Waals surface area contributed by atoms with Crippen molar-refractivity contribution >= 4 is 23.5 Å². The lowest BCUT2D eigenvalue weighted by atomic mass is 9.98. The normalized spacial score (nSPS) is 17.1. The molecule has 1 aliphatic rings. The number of furan rings is 1. The Bertz CT molecular complexity index is 738. The van der Waals surface area contributed by atoms with Crippen LogP contribution in [-0.4, -0.2) is 37.0 Å². The highest BCUT2D eigenvalue weighted by Crippen LogP contribution is 2.24. The molecule has 0 bridgehead atoms. The molecular weight excluding hydrogens is 330 g/mol.